The van der Waals surface area contributed by atoms with Gasteiger partial charge in [0.1, 0.15) is 5.82 Å². The van der Waals surface area contributed by atoms with Crippen molar-refractivity contribution in [1.29, 1.82) is 0 Å². The normalized spacial score (nSPS) is 15.9. The summed E-state index contributed by atoms with van der Waals surface area (Å²) >= 11 is 3.54. The summed E-state index contributed by atoms with van der Waals surface area (Å²) in [7, 11) is 0. The molecule has 4 rings (SSSR count). The second kappa shape index (κ2) is 7.74. The van der Waals surface area contributed by atoms with E-state index in [9.17, 15) is 10.2 Å². The van der Waals surface area contributed by atoms with Crippen LogP contribution in [0.3, 0.4) is 0 Å². The standard InChI is InChI=1S/C21H22BrN3O2/c22-16-3-2-15-5-8-23-21(18(15)12-16)24-17-6-9-25(10-7-17)13-14-1-4-19(26)20(27)11-14/h1-5,8,11-12,17,26-27H,6-7,9-10,13H2,(H,23,24). The molecular weight excluding hydrogens is 406 g/mol. The Hall–Kier alpha value is -2.31. The first-order valence-electron chi connectivity index (χ1n) is 9.12. The van der Waals surface area contributed by atoms with Crippen molar-refractivity contribution in [1.82, 2.24) is 9.88 Å². The van der Waals surface area contributed by atoms with Crippen LogP contribution >= 0.6 is 15.9 Å². The summed E-state index contributed by atoms with van der Waals surface area (Å²) in [5.41, 5.74) is 1.01. The van der Waals surface area contributed by atoms with E-state index in [2.05, 4.69) is 43.3 Å². The van der Waals surface area contributed by atoms with Gasteiger partial charge in [0.15, 0.2) is 11.5 Å². The summed E-state index contributed by atoms with van der Waals surface area (Å²) in [6, 6.07) is 13.7. The van der Waals surface area contributed by atoms with Gasteiger partial charge in [-0.15, -0.1) is 0 Å². The predicted octanol–water partition coefficient (Wildman–Crippen LogP) is 4.49. The third-order valence-electron chi connectivity index (χ3n) is 5.10. The summed E-state index contributed by atoms with van der Waals surface area (Å²) in [6.07, 6.45) is 3.93. The Morgan fingerprint density at radius 2 is 1.85 bits per heavy atom. The largest absolute Gasteiger partial charge is 0.504 e. The fraction of sp³-hybridized carbons (Fsp3) is 0.286. The number of phenolic OH excluding ortho intramolecular Hbond substituents is 2. The van der Waals surface area contributed by atoms with Crippen molar-refractivity contribution >= 4 is 32.5 Å². The highest BCUT2D eigenvalue weighted by Crippen LogP contribution is 2.28. The number of hydrogen-bond donors (Lipinski definition) is 3. The number of aromatic hydroxyl groups is 2. The molecule has 5 nitrogen and oxygen atoms in total. The van der Waals surface area contributed by atoms with Crippen LogP contribution in [-0.2, 0) is 6.54 Å². The third-order valence-corrected chi connectivity index (χ3v) is 5.60. The number of phenols is 2. The zero-order valence-electron chi connectivity index (χ0n) is 14.9. The van der Waals surface area contributed by atoms with Gasteiger partial charge in [-0.3, -0.25) is 4.90 Å². The number of aromatic nitrogens is 1. The van der Waals surface area contributed by atoms with Crippen molar-refractivity contribution in [2.24, 2.45) is 0 Å². The molecule has 0 spiro atoms. The SMILES string of the molecule is Oc1ccc(CN2CCC(Nc3nccc4ccc(Br)cc34)CC2)cc1O. The number of pyridine rings is 1. The Bertz CT molecular complexity index is 955. The molecule has 0 saturated carbocycles. The molecule has 1 aromatic heterocycles. The van der Waals surface area contributed by atoms with E-state index in [0.717, 1.165) is 53.7 Å². The minimum Gasteiger partial charge on any atom is -0.504 e. The Kier molecular flexibility index (Phi) is 5.18. The van der Waals surface area contributed by atoms with E-state index >= 15 is 0 Å². The molecule has 3 aromatic rings. The minimum absolute atomic E-state index is 0.0581. The molecule has 1 aliphatic rings. The number of fused-ring (bicyclic) bond motifs is 1. The zero-order chi connectivity index (χ0) is 18.8. The quantitative estimate of drug-likeness (QED) is 0.535. The third kappa shape index (κ3) is 4.17. The molecule has 0 unspecified atom stereocenters. The highest BCUT2D eigenvalue weighted by molar-refractivity contribution is 9.10. The minimum atomic E-state index is -0.0733. The predicted molar refractivity (Wildman–Crippen MR) is 111 cm³/mol. The molecule has 1 fully saturated rings. The van der Waals surface area contributed by atoms with Gasteiger partial charge in [0.05, 0.1) is 0 Å². The molecule has 3 N–H and O–H groups in total. The lowest BCUT2D eigenvalue weighted by atomic mass is 10.0. The van der Waals surface area contributed by atoms with Gasteiger partial charge in [0.2, 0.25) is 0 Å². The van der Waals surface area contributed by atoms with Crippen LogP contribution in [0.2, 0.25) is 0 Å². The van der Waals surface area contributed by atoms with Gasteiger partial charge in [-0.1, -0.05) is 28.1 Å². The number of hydrogen-bond acceptors (Lipinski definition) is 5. The zero-order valence-corrected chi connectivity index (χ0v) is 16.5. The molecule has 0 radical (unpaired) electrons. The summed E-state index contributed by atoms with van der Waals surface area (Å²) in [5.74, 6) is 0.809. The molecule has 140 valence electrons. The lowest BCUT2D eigenvalue weighted by Crippen LogP contribution is -2.38. The molecule has 27 heavy (non-hydrogen) atoms. The highest BCUT2D eigenvalue weighted by atomic mass is 79.9. The van der Waals surface area contributed by atoms with Gasteiger partial charge in [0.25, 0.3) is 0 Å². The molecule has 0 amide bonds. The molecule has 1 saturated heterocycles. The van der Waals surface area contributed by atoms with E-state index in [4.69, 9.17) is 0 Å². The topological polar surface area (TPSA) is 68.6 Å². The van der Waals surface area contributed by atoms with Crippen molar-refractivity contribution in [3.05, 3.63) is 58.7 Å². The van der Waals surface area contributed by atoms with Crippen LogP contribution in [0.25, 0.3) is 10.8 Å². The van der Waals surface area contributed by atoms with Gasteiger partial charge in [-0.25, -0.2) is 4.98 Å². The molecule has 6 heteroatoms. The number of halogens is 1. The number of nitrogens with one attached hydrogen (secondary N) is 1. The summed E-state index contributed by atoms with van der Waals surface area (Å²) in [5, 5.41) is 25.0. The van der Waals surface area contributed by atoms with E-state index < -0.39 is 0 Å². The van der Waals surface area contributed by atoms with Gasteiger partial charge in [-0.05, 0) is 54.1 Å². The van der Waals surface area contributed by atoms with Crippen LogP contribution in [0.5, 0.6) is 11.5 Å². The van der Waals surface area contributed by atoms with Gasteiger partial charge in [-0.2, -0.15) is 0 Å². The number of anilines is 1. The molecule has 0 aliphatic carbocycles. The molecule has 0 atom stereocenters. The average molecular weight is 428 g/mol. The van der Waals surface area contributed by atoms with E-state index in [1.165, 1.54) is 5.39 Å². The average Bonchev–Trinajstić information content (AvgIpc) is 2.67. The van der Waals surface area contributed by atoms with Crippen molar-refractivity contribution < 1.29 is 10.2 Å². The highest BCUT2D eigenvalue weighted by Gasteiger charge is 2.20. The second-order valence-corrected chi connectivity index (χ2v) is 7.96. The van der Waals surface area contributed by atoms with Crippen LogP contribution in [-0.4, -0.2) is 39.2 Å². The monoisotopic (exact) mass is 427 g/mol. The van der Waals surface area contributed by atoms with Crippen LogP contribution in [0.15, 0.2) is 53.1 Å². The maximum absolute atomic E-state index is 9.65. The molecule has 2 aromatic carbocycles. The van der Waals surface area contributed by atoms with E-state index in [0.29, 0.717) is 6.04 Å². The molecule has 1 aliphatic heterocycles. The smallest absolute Gasteiger partial charge is 0.157 e. The summed E-state index contributed by atoms with van der Waals surface area (Å²) in [4.78, 5) is 6.92. The number of benzene rings is 2. The van der Waals surface area contributed by atoms with Gasteiger partial charge >= 0.3 is 0 Å². The van der Waals surface area contributed by atoms with Crippen molar-refractivity contribution in [3.63, 3.8) is 0 Å². The van der Waals surface area contributed by atoms with Crippen LogP contribution in [0.1, 0.15) is 18.4 Å². The van der Waals surface area contributed by atoms with E-state index in [-0.39, 0.29) is 11.5 Å². The van der Waals surface area contributed by atoms with Crippen LogP contribution in [0.4, 0.5) is 5.82 Å². The van der Waals surface area contributed by atoms with E-state index in [1.54, 1.807) is 12.1 Å². The molecular formula is C21H22BrN3O2. The van der Waals surface area contributed by atoms with Crippen LogP contribution in [0, 0.1) is 0 Å². The fourth-order valence-electron chi connectivity index (χ4n) is 3.61. The van der Waals surface area contributed by atoms with Crippen LogP contribution < -0.4 is 5.32 Å². The number of nitrogens with zero attached hydrogens (tertiary/aromatic N) is 2. The van der Waals surface area contributed by atoms with Gasteiger partial charge < -0.3 is 15.5 Å². The number of piperidine rings is 1. The first-order valence-corrected chi connectivity index (χ1v) is 9.92. The molecule has 0 bridgehead atoms. The van der Waals surface area contributed by atoms with Crippen molar-refractivity contribution in [3.8, 4) is 11.5 Å². The Labute approximate surface area is 166 Å². The maximum atomic E-state index is 9.65. The summed E-state index contributed by atoms with van der Waals surface area (Å²) in [6.45, 7) is 2.74. The first-order chi connectivity index (χ1) is 13.1. The number of likely N-dealkylation sites (tertiary alicyclic amines) is 1. The fourth-order valence-corrected chi connectivity index (χ4v) is 3.97. The number of rotatable bonds is 4. The Morgan fingerprint density at radius 1 is 1.04 bits per heavy atom. The lowest BCUT2D eigenvalue weighted by Gasteiger charge is -2.32. The summed E-state index contributed by atoms with van der Waals surface area (Å²) < 4.78 is 1.05. The maximum Gasteiger partial charge on any atom is 0.157 e. The molecule has 2 heterocycles. The van der Waals surface area contributed by atoms with Gasteiger partial charge in [0, 0.05) is 41.7 Å². The first kappa shape index (κ1) is 18.1. The van der Waals surface area contributed by atoms with E-state index in [1.807, 2.05) is 24.4 Å². The lowest BCUT2D eigenvalue weighted by molar-refractivity contribution is 0.211. The van der Waals surface area contributed by atoms with Crippen molar-refractivity contribution in [2.45, 2.75) is 25.4 Å². The van der Waals surface area contributed by atoms with Crippen molar-refractivity contribution in [2.75, 3.05) is 18.4 Å². The Balaban J connectivity index is 1.38. The second-order valence-electron chi connectivity index (χ2n) is 7.04. The Morgan fingerprint density at radius 3 is 2.63 bits per heavy atom.